The van der Waals surface area contributed by atoms with E-state index in [1.165, 1.54) is 0 Å². The van der Waals surface area contributed by atoms with Crippen molar-refractivity contribution in [3.8, 4) is 0 Å². The quantitative estimate of drug-likeness (QED) is 0.632. The standard InChI is InChI=1S/C10H20N2O3/c1-2-12(5-3-6-13)10(14)9-8-11-4-7-15-9/h9,11,13H,2-8H2,1H3. The second kappa shape index (κ2) is 6.76. The fourth-order valence-corrected chi connectivity index (χ4v) is 1.61. The van der Waals surface area contributed by atoms with Crippen LogP contribution in [0.3, 0.4) is 0 Å². The van der Waals surface area contributed by atoms with Crippen molar-refractivity contribution in [1.82, 2.24) is 10.2 Å². The summed E-state index contributed by atoms with van der Waals surface area (Å²) >= 11 is 0. The number of morpholine rings is 1. The molecule has 0 radical (unpaired) electrons. The molecule has 88 valence electrons. The Morgan fingerprint density at radius 1 is 1.67 bits per heavy atom. The second-order valence-corrected chi connectivity index (χ2v) is 3.56. The van der Waals surface area contributed by atoms with Crippen LogP contribution in [0.25, 0.3) is 0 Å². The number of likely N-dealkylation sites (N-methyl/N-ethyl adjacent to an activating group) is 1. The van der Waals surface area contributed by atoms with E-state index in [0.717, 1.165) is 6.54 Å². The maximum atomic E-state index is 11.9. The van der Waals surface area contributed by atoms with Gasteiger partial charge in [-0.2, -0.15) is 0 Å². The smallest absolute Gasteiger partial charge is 0.253 e. The lowest BCUT2D eigenvalue weighted by molar-refractivity contribution is -0.145. The SMILES string of the molecule is CCN(CCCO)C(=O)C1CNCCO1. The molecule has 1 atom stereocenters. The number of carbonyl (C=O) groups excluding carboxylic acids is 1. The molecule has 0 aromatic heterocycles. The number of carbonyl (C=O) groups is 1. The van der Waals surface area contributed by atoms with E-state index in [-0.39, 0.29) is 18.6 Å². The van der Waals surface area contributed by atoms with E-state index in [1.54, 1.807) is 4.90 Å². The van der Waals surface area contributed by atoms with Crippen molar-refractivity contribution in [1.29, 1.82) is 0 Å². The molecule has 1 fully saturated rings. The predicted molar refractivity (Wildman–Crippen MR) is 56.6 cm³/mol. The van der Waals surface area contributed by atoms with Crippen molar-refractivity contribution >= 4 is 5.91 Å². The molecule has 1 rings (SSSR count). The molecule has 1 amide bonds. The van der Waals surface area contributed by atoms with Gasteiger partial charge in [-0.05, 0) is 13.3 Å². The third-order valence-corrected chi connectivity index (χ3v) is 2.48. The van der Waals surface area contributed by atoms with Crippen LogP contribution in [-0.2, 0) is 9.53 Å². The summed E-state index contributed by atoms with van der Waals surface area (Å²) in [6.45, 7) is 5.32. The molecule has 5 nitrogen and oxygen atoms in total. The van der Waals surface area contributed by atoms with Gasteiger partial charge in [0.2, 0.25) is 0 Å². The molecule has 1 unspecified atom stereocenters. The van der Waals surface area contributed by atoms with Crippen LogP contribution in [0.4, 0.5) is 0 Å². The van der Waals surface area contributed by atoms with Crippen LogP contribution in [-0.4, -0.2) is 61.4 Å². The van der Waals surface area contributed by atoms with E-state index in [0.29, 0.717) is 32.7 Å². The van der Waals surface area contributed by atoms with Crippen LogP contribution in [0.1, 0.15) is 13.3 Å². The van der Waals surface area contributed by atoms with Gasteiger partial charge in [0.05, 0.1) is 6.61 Å². The zero-order valence-corrected chi connectivity index (χ0v) is 9.24. The summed E-state index contributed by atoms with van der Waals surface area (Å²) in [5.41, 5.74) is 0. The van der Waals surface area contributed by atoms with Crippen molar-refractivity contribution < 1.29 is 14.6 Å². The molecular formula is C10H20N2O3. The van der Waals surface area contributed by atoms with E-state index in [9.17, 15) is 4.79 Å². The molecule has 1 aliphatic heterocycles. The molecule has 1 aliphatic rings. The molecule has 0 saturated carbocycles. The molecule has 0 aromatic rings. The molecule has 0 aliphatic carbocycles. The first-order chi connectivity index (χ1) is 7.29. The third-order valence-electron chi connectivity index (χ3n) is 2.48. The summed E-state index contributed by atoms with van der Waals surface area (Å²) in [5.74, 6) is 0.0261. The molecular weight excluding hydrogens is 196 g/mol. The van der Waals surface area contributed by atoms with Gasteiger partial charge in [0.1, 0.15) is 6.10 Å². The first kappa shape index (κ1) is 12.4. The minimum Gasteiger partial charge on any atom is -0.396 e. The summed E-state index contributed by atoms with van der Waals surface area (Å²) in [4.78, 5) is 13.6. The summed E-state index contributed by atoms with van der Waals surface area (Å²) < 4.78 is 5.39. The summed E-state index contributed by atoms with van der Waals surface area (Å²) in [7, 11) is 0. The van der Waals surface area contributed by atoms with Crippen molar-refractivity contribution in [2.75, 3.05) is 39.4 Å². The van der Waals surface area contributed by atoms with Crippen LogP contribution in [0.5, 0.6) is 0 Å². The molecule has 0 aromatic carbocycles. The number of nitrogens with one attached hydrogen (secondary N) is 1. The van der Waals surface area contributed by atoms with Crippen LogP contribution < -0.4 is 5.32 Å². The van der Waals surface area contributed by atoms with Gasteiger partial charge in [-0.3, -0.25) is 4.79 Å². The zero-order valence-electron chi connectivity index (χ0n) is 9.24. The lowest BCUT2D eigenvalue weighted by Crippen LogP contribution is -2.49. The number of hydrogen-bond acceptors (Lipinski definition) is 4. The van der Waals surface area contributed by atoms with Gasteiger partial charge >= 0.3 is 0 Å². The number of nitrogens with zero attached hydrogens (tertiary/aromatic N) is 1. The van der Waals surface area contributed by atoms with Crippen molar-refractivity contribution in [3.05, 3.63) is 0 Å². The highest BCUT2D eigenvalue weighted by atomic mass is 16.5. The van der Waals surface area contributed by atoms with Gasteiger partial charge in [0.25, 0.3) is 5.91 Å². The average Bonchev–Trinajstić information content (AvgIpc) is 2.31. The molecule has 5 heteroatoms. The third kappa shape index (κ3) is 3.77. The van der Waals surface area contributed by atoms with Crippen LogP contribution >= 0.6 is 0 Å². The Kier molecular flexibility index (Phi) is 5.60. The van der Waals surface area contributed by atoms with Crippen LogP contribution in [0.15, 0.2) is 0 Å². The minimum atomic E-state index is -0.350. The lowest BCUT2D eigenvalue weighted by Gasteiger charge is -2.28. The molecule has 15 heavy (non-hydrogen) atoms. The summed E-state index contributed by atoms with van der Waals surface area (Å²) in [6.07, 6.45) is 0.275. The van der Waals surface area contributed by atoms with E-state index in [2.05, 4.69) is 5.32 Å². The normalized spacial score (nSPS) is 21.3. The second-order valence-electron chi connectivity index (χ2n) is 3.56. The maximum Gasteiger partial charge on any atom is 0.253 e. The number of aliphatic hydroxyl groups is 1. The lowest BCUT2D eigenvalue weighted by atomic mass is 10.2. The van der Waals surface area contributed by atoms with Crippen molar-refractivity contribution in [2.24, 2.45) is 0 Å². The first-order valence-corrected chi connectivity index (χ1v) is 5.51. The predicted octanol–water partition coefficient (Wildman–Crippen LogP) is -0.794. The zero-order chi connectivity index (χ0) is 11.1. The van der Waals surface area contributed by atoms with E-state index >= 15 is 0 Å². The maximum absolute atomic E-state index is 11.9. The van der Waals surface area contributed by atoms with E-state index in [4.69, 9.17) is 9.84 Å². The van der Waals surface area contributed by atoms with E-state index < -0.39 is 0 Å². The Hall–Kier alpha value is -0.650. The average molecular weight is 216 g/mol. The van der Waals surface area contributed by atoms with Gasteiger partial charge < -0.3 is 20.1 Å². The molecule has 0 spiro atoms. The van der Waals surface area contributed by atoms with Crippen molar-refractivity contribution in [3.63, 3.8) is 0 Å². The fraction of sp³-hybridized carbons (Fsp3) is 0.900. The minimum absolute atomic E-state index is 0.0261. The Morgan fingerprint density at radius 3 is 3.00 bits per heavy atom. The summed E-state index contributed by atoms with van der Waals surface area (Å²) in [5, 5.41) is 11.9. The number of ether oxygens (including phenoxy) is 1. The fourth-order valence-electron chi connectivity index (χ4n) is 1.61. The topological polar surface area (TPSA) is 61.8 Å². The highest BCUT2D eigenvalue weighted by molar-refractivity contribution is 5.81. The van der Waals surface area contributed by atoms with E-state index in [1.807, 2.05) is 6.92 Å². The molecule has 2 N–H and O–H groups in total. The van der Waals surface area contributed by atoms with Crippen LogP contribution in [0, 0.1) is 0 Å². The highest BCUT2D eigenvalue weighted by Crippen LogP contribution is 2.03. The Balaban J connectivity index is 2.40. The number of hydrogen-bond donors (Lipinski definition) is 2. The Bertz CT molecular complexity index is 193. The molecule has 0 bridgehead atoms. The van der Waals surface area contributed by atoms with Gasteiger partial charge in [0.15, 0.2) is 0 Å². The summed E-state index contributed by atoms with van der Waals surface area (Å²) in [6, 6.07) is 0. The van der Waals surface area contributed by atoms with Gasteiger partial charge in [0, 0.05) is 32.8 Å². The van der Waals surface area contributed by atoms with Crippen molar-refractivity contribution in [2.45, 2.75) is 19.4 Å². The molecule has 1 saturated heterocycles. The number of rotatable bonds is 5. The molecule has 1 heterocycles. The highest BCUT2D eigenvalue weighted by Gasteiger charge is 2.25. The number of aliphatic hydroxyl groups excluding tert-OH is 1. The largest absolute Gasteiger partial charge is 0.396 e. The Labute approximate surface area is 90.4 Å². The monoisotopic (exact) mass is 216 g/mol. The Morgan fingerprint density at radius 2 is 2.47 bits per heavy atom. The first-order valence-electron chi connectivity index (χ1n) is 5.51. The van der Waals surface area contributed by atoms with Gasteiger partial charge in [-0.15, -0.1) is 0 Å². The van der Waals surface area contributed by atoms with Gasteiger partial charge in [-0.1, -0.05) is 0 Å². The number of amides is 1. The van der Waals surface area contributed by atoms with Crippen LogP contribution in [0.2, 0.25) is 0 Å². The van der Waals surface area contributed by atoms with Gasteiger partial charge in [-0.25, -0.2) is 0 Å².